The van der Waals surface area contributed by atoms with Crippen LogP contribution in [-0.2, 0) is 9.63 Å². The van der Waals surface area contributed by atoms with Crippen molar-refractivity contribution in [1.29, 1.82) is 0 Å². The largest absolute Gasteiger partial charge is 0.277 e. The van der Waals surface area contributed by atoms with Gasteiger partial charge in [-0.1, -0.05) is 5.57 Å². The van der Waals surface area contributed by atoms with Crippen LogP contribution in [-0.4, -0.2) is 13.0 Å². The van der Waals surface area contributed by atoms with Crippen molar-refractivity contribution in [2.75, 3.05) is 7.11 Å². The minimum atomic E-state index is -0.149. The molecule has 0 radical (unpaired) electrons. The van der Waals surface area contributed by atoms with E-state index in [9.17, 15) is 4.79 Å². The Morgan fingerprint density at radius 3 is 2.73 bits per heavy atom. The summed E-state index contributed by atoms with van der Waals surface area (Å²) in [6.45, 7) is 0. The van der Waals surface area contributed by atoms with Gasteiger partial charge in [0.2, 0.25) is 0 Å². The zero-order valence-corrected chi connectivity index (χ0v) is 6.72. The van der Waals surface area contributed by atoms with E-state index >= 15 is 0 Å². The molecule has 0 aromatic heterocycles. The van der Waals surface area contributed by atoms with Gasteiger partial charge in [-0.3, -0.25) is 9.63 Å². The molecule has 0 bridgehead atoms. The summed E-state index contributed by atoms with van der Waals surface area (Å²) in [7, 11) is 1.44. The highest BCUT2D eigenvalue weighted by Crippen LogP contribution is 2.23. The first-order valence-electron chi connectivity index (χ1n) is 3.85. The maximum Gasteiger partial charge on any atom is 0.267 e. The summed E-state index contributed by atoms with van der Waals surface area (Å²) in [5.41, 5.74) is 3.49. The van der Waals surface area contributed by atoms with Gasteiger partial charge in [-0.15, -0.1) is 0 Å². The van der Waals surface area contributed by atoms with E-state index in [1.54, 1.807) is 6.08 Å². The van der Waals surface area contributed by atoms with Gasteiger partial charge in [0, 0.05) is 6.08 Å². The molecule has 1 aliphatic carbocycles. The molecule has 11 heavy (non-hydrogen) atoms. The van der Waals surface area contributed by atoms with Crippen LogP contribution in [0.1, 0.15) is 25.7 Å². The standard InChI is InChI=1S/C8H13NO2/c1-11-9-8(10)6-7-4-2-3-5-7/h6H,2-5H2,1H3,(H,9,10). The van der Waals surface area contributed by atoms with Crippen molar-refractivity contribution in [3.63, 3.8) is 0 Å². The second-order valence-electron chi connectivity index (χ2n) is 2.68. The summed E-state index contributed by atoms with van der Waals surface area (Å²) >= 11 is 0. The highest BCUT2D eigenvalue weighted by molar-refractivity contribution is 5.87. The molecule has 0 spiro atoms. The fourth-order valence-electron chi connectivity index (χ4n) is 1.29. The molecule has 1 amide bonds. The molecule has 0 atom stereocenters. The summed E-state index contributed by atoms with van der Waals surface area (Å²) in [5.74, 6) is -0.149. The maximum atomic E-state index is 10.9. The lowest BCUT2D eigenvalue weighted by Crippen LogP contribution is -2.19. The van der Waals surface area contributed by atoms with Crippen molar-refractivity contribution in [1.82, 2.24) is 5.48 Å². The van der Waals surface area contributed by atoms with E-state index in [0.717, 1.165) is 12.8 Å². The SMILES string of the molecule is CONC(=O)C=C1CCCC1. The van der Waals surface area contributed by atoms with Gasteiger partial charge in [0.25, 0.3) is 5.91 Å². The van der Waals surface area contributed by atoms with Crippen LogP contribution in [0.4, 0.5) is 0 Å². The normalized spacial score (nSPS) is 16.6. The minimum absolute atomic E-state index is 0.149. The van der Waals surface area contributed by atoms with Crippen molar-refractivity contribution in [2.45, 2.75) is 25.7 Å². The molecule has 0 aromatic rings. The van der Waals surface area contributed by atoms with Gasteiger partial charge in [0.1, 0.15) is 0 Å². The van der Waals surface area contributed by atoms with Crippen LogP contribution in [0.15, 0.2) is 11.6 Å². The van der Waals surface area contributed by atoms with Crippen molar-refractivity contribution >= 4 is 5.91 Å². The molecule has 62 valence electrons. The molecule has 0 unspecified atom stereocenters. The Kier molecular flexibility index (Phi) is 3.11. The van der Waals surface area contributed by atoms with Crippen LogP contribution in [0.3, 0.4) is 0 Å². The molecule has 3 nitrogen and oxygen atoms in total. The molecule has 1 saturated carbocycles. The Balaban J connectivity index is 2.36. The number of carbonyl (C=O) groups excluding carboxylic acids is 1. The van der Waals surface area contributed by atoms with E-state index < -0.39 is 0 Å². The number of carbonyl (C=O) groups is 1. The Labute approximate surface area is 66.4 Å². The molecule has 1 aliphatic rings. The average Bonchev–Trinajstić information content (AvgIpc) is 2.40. The number of amides is 1. The molecule has 1 N–H and O–H groups in total. The van der Waals surface area contributed by atoms with Gasteiger partial charge in [-0.05, 0) is 25.7 Å². The van der Waals surface area contributed by atoms with Crippen molar-refractivity contribution in [3.8, 4) is 0 Å². The van der Waals surface area contributed by atoms with Gasteiger partial charge >= 0.3 is 0 Å². The van der Waals surface area contributed by atoms with Crippen LogP contribution >= 0.6 is 0 Å². The zero-order valence-electron chi connectivity index (χ0n) is 6.72. The highest BCUT2D eigenvalue weighted by Gasteiger charge is 2.07. The van der Waals surface area contributed by atoms with Crippen molar-refractivity contribution in [2.24, 2.45) is 0 Å². The lowest BCUT2D eigenvalue weighted by Gasteiger charge is -1.97. The van der Waals surface area contributed by atoms with Gasteiger partial charge in [-0.25, -0.2) is 5.48 Å². The Hall–Kier alpha value is -0.830. The summed E-state index contributed by atoms with van der Waals surface area (Å²) in [5, 5.41) is 0. The lowest BCUT2D eigenvalue weighted by atomic mass is 10.2. The first-order valence-corrected chi connectivity index (χ1v) is 3.85. The van der Waals surface area contributed by atoms with Crippen LogP contribution in [0.2, 0.25) is 0 Å². The first kappa shape index (κ1) is 8.27. The molecular weight excluding hydrogens is 142 g/mol. The van der Waals surface area contributed by atoms with E-state index in [1.165, 1.54) is 25.5 Å². The van der Waals surface area contributed by atoms with Crippen molar-refractivity contribution < 1.29 is 9.63 Å². The Bertz CT molecular complexity index is 167. The third-order valence-electron chi connectivity index (χ3n) is 1.78. The van der Waals surface area contributed by atoms with E-state index in [0.29, 0.717) is 0 Å². The second-order valence-corrected chi connectivity index (χ2v) is 2.68. The van der Waals surface area contributed by atoms with Gasteiger partial charge in [0.15, 0.2) is 0 Å². The maximum absolute atomic E-state index is 10.9. The first-order chi connectivity index (χ1) is 5.33. The lowest BCUT2D eigenvalue weighted by molar-refractivity contribution is -0.126. The number of hydrogen-bond donors (Lipinski definition) is 1. The number of nitrogens with one attached hydrogen (secondary N) is 1. The Morgan fingerprint density at radius 1 is 1.55 bits per heavy atom. The molecule has 1 rings (SSSR count). The van der Waals surface area contributed by atoms with E-state index in [-0.39, 0.29) is 5.91 Å². The van der Waals surface area contributed by atoms with E-state index in [1.807, 2.05) is 0 Å². The molecular formula is C8H13NO2. The predicted octanol–water partition coefficient (Wildman–Crippen LogP) is 1.16. The van der Waals surface area contributed by atoms with Crippen LogP contribution < -0.4 is 5.48 Å². The van der Waals surface area contributed by atoms with Gasteiger partial charge in [0.05, 0.1) is 7.11 Å². The topological polar surface area (TPSA) is 38.3 Å². The molecule has 0 aromatic carbocycles. The summed E-state index contributed by atoms with van der Waals surface area (Å²) < 4.78 is 0. The molecule has 3 heteroatoms. The monoisotopic (exact) mass is 155 g/mol. The van der Waals surface area contributed by atoms with Crippen LogP contribution in [0.25, 0.3) is 0 Å². The Morgan fingerprint density at radius 2 is 2.18 bits per heavy atom. The quantitative estimate of drug-likeness (QED) is 0.480. The van der Waals surface area contributed by atoms with E-state index in [2.05, 4.69) is 10.3 Å². The number of allylic oxidation sites excluding steroid dienone is 1. The molecule has 0 aliphatic heterocycles. The van der Waals surface area contributed by atoms with Crippen LogP contribution in [0, 0.1) is 0 Å². The summed E-state index contributed by atoms with van der Waals surface area (Å²) in [4.78, 5) is 15.4. The smallest absolute Gasteiger partial charge is 0.267 e. The molecule has 0 heterocycles. The summed E-state index contributed by atoms with van der Waals surface area (Å²) in [6.07, 6.45) is 6.20. The average molecular weight is 155 g/mol. The number of rotatable bonds is 2. The molecule has 1 fully saturated rings. The fourth-order valence-corrected chi connectivity index (χ4v) is 1.29. The summed E-state index contributed by atoms with van der Waals surface area (Å²) in [6, 6.07) is 0. The number of hydroxylamine groups is 1. The van der Waals surface area contributed by atoms with Gasteiger partial charge < -0.3 is 0 Å². The fraction of sp³-hybridized carbons (Fsp3) is 0.625. The highest BCUT2D eigenvalue weighted by atomic mass is 16.6. The molecule has 0 saturated heterocycles. The number of hydrogen-bond acceptors (Lipinski definition) is 2. The predicted molar refractivity (Wildman–Crippen MR) is 41.7 cm³/mol. The van der Waals surface area contributed by atoms with Crippen molar-refractivity contribution in [3.05, 3.63) is 11.6 Å². The minimum Gasteiger partial charge on any atom is -0.277 e. The van der Waals surface area contributed by atoms with E-state index in [4.69, 9.17) is 0 Å². The second kappa shape index (κ2) is 4.13. The van der Waals surface area contributed by atoms with Gasteiger partial charge in [-0.2, -0.15) is 0 Å². The third kappa shape index (κ3) is 2.72. The van der Waals surface area contributed by atoms with Crippen LogP contribution in [0.5, 0.6) is 0 Å². The zero-order chi connectivity index (χ0) is 8.10. The third-order valence-corrected chi connectivity index (χ3v) is 1.78.